The van der Waals surface area contributed by atoms with Crippen molar-refractivity contribution in [1.82, 2.24) is 19.9 Å². The van der Waals surface area contributed by atoms with Gasteiger partial charge < -0.3 is 19.8 Å². The molecule has 3 N–H and O–H groups in total. The Bertz CT molecular complexity index is 857. The number of hydrogen-bond acceptors (Lipinski definition) is 7. The van der Waals surface area contributed by atoms with Gasteiger partial charge in [-0.05, 0) is 17.7 Å². The molecule has 0 spiro atoms. The summed E-state index contributed by atoms with van der Waals surface area (Å²) >= 11 is 11.8. The molecule has 1 aliphatic rings. The zero-order valence-corrected chi connectivity index (χ0v) is 16.1. The predicted molar refractivity (Wildman–Crippen MR) is 99.1 cm³/mol. The van der Waals surface area contributed by atoms with E-state index in [2.05, 4.69) is 10.1 Å². The van der Waals surface area contributed by atoms with Gasteiger partial charge in [0.2, 0.25) is 5.89 Å². The number of hydrogen-bond donors (Lipinski definition) is 3. The fourth-order valence-corrected chi connectivity index (χ4v) is 3.03. The first kappa shape index (κ1) is 20.6. The summed E-state index contributed by atoms with van der Waals surface area (Å²) in [5.41, 5.74) is 0.647. The van der Waals surface area contributed by atoms with Gasteiger partial charge in [0.25, 0.3) is 0 Å². The normalized spacial score (nSPS) is 18.4. The summed E-state index contributed by atoms with van der Waals surface area (Å²) < 4.78 is 5.12. The summed E-state index contributed by atoms with van der Waals surface area (Å²) in [4.78, 5) is 18.8. The maximum Gasteiger partial charge on any atom is 0.326 e. The van der Waals surface area contributed by atoms with Crippen LogP contribution < -0.4 is 0 Å². The number of urea groups is 1. The molecule has 0 bridgehead atoms. The zero-order valence-electron chi connectivity index (χ0n) is 14.6. The molecule has 2 atom stereocenters. The highest BCUT2D eigenvalue weighted by Gasteiger charge is 2.34. The number of aromatic nitrogens is 2. The number of amides is 2. The minimum absolute atomic E-state index is 0.0194. The summed E-state index contributed by atoms with van der Waals surface area (Å²) in [5.74, 6) is 0.311. The van der Waals surface area contributed by atoms with Gasteiger partial charge in [-0.1, -0.05) is 40.5 Å². The van der Waals surface area contributed by atoms with Crippen LogP contribution in [-0.4, -0.2) is 60.7 Å². The average molecular weight is 429 g/mol. The van der Waals surface area contributed by atoms with E-state index in [1.807, 2.05) is 0 Å². The van der Waals surface area contributed by atoms with Crippen LogP contribution in [0.4, 0.5) is 4.79 Å². The Morgan fingerprint density at radius 1 is 1.25 bits per heavy atom. The minimum atomic E-state index is -1.36. The van der Waals surface area contributed by atoms with E-state index in [0.717, 1.165) is 4.90 Å². The van der Waals surface area contributed by atoms with Crippen LogP contribution in [-0.2, 0) is 13.0 Å². The number of halogens is 2. The number of nitrogens with zero attached hydrogens (tertiary/aromatic N) is 4. The number of aliphatic hydroxyl groups excluding tert-OH is 3. The topological polar surface area (TPSA) is 123 Å². The van der Waals surface area contributed by atoms with Crippen molar-refractivity contribution < 1.29 is 24.6 Å². The van der Waals surface area contributed by atoms with Crippen LogP contribution in [0.3, 0.4) is 0 Å². The molecule has 2 heterocycles. The van der Waals surface area contributed by atoms with Crippen LogP contribution in [0, 0.1) is 0 Å². The Morgan fingerprint density at radius 2 is 1.96 bits per heavy atom. The highest BCUT2D eigenvalue weighted by molar-refractivity contribution is 6.30. The van der Waals surface area contributed by atoms with E-state index in [1.54, 1.807) is 24.3 Å². The molecule has 150 valence electrons. The van der Waals surface area contributed by atoms with E-state index in [4.69, 9.17) is 32.8 Å². The minimum Gasteiger partial charge on any atom is -0.395 e. The van der Waals surface area contributed by atoms with E-state index < -0.39 is 18.4 Å². The molecule has 11 heteroatoms. The van der Waals surface area contributed by atoms with E-state index in [-0.39, 0.29) is 42.9 Å². The molecule has 1 aromatic heterocycles. The Morgan fingerprint density at radius 3 is 2.64 bits per heavy atom. The second-order valence-electron chi connectivity index (χ2n) is 6.09. The monoisotopic (exact) mass is 428 g/mol. The largest absolute Gasteiger partial charge is 0.395 e. The van der Waals surface area contributed by atoms with Gasteiger partial charge in [-0.15, -0.1) is 0 Å². The smallest absolute Gasteiger partial charge is 0.326 e. The lowest BCUT2D eigenvalue weighted by Gasteiger charge is -2.35. The molecule has 2 aromatic rings. The third-order valence-corrected chi connectivity index (χ3v) is 4.64. The number of rotatable bonds is 7. The summed E-state index contributed by atoms with van der Waals surface area (Å²) in [7, 11) is 0. The van der Waals surface area contributed by atoms with E-state index in [1.165, 1.54) is 11.1 Å². The predicted octanol–water partition coefficient (Wildman–Crippen LogP) is 1.63. The van der Waals surface area contributed by atoms with Crippen LogP contribution in [0.2, 0.25) is 5.02 Å². The van der Waals surface area contributed by atoms with Crippen molar-refractivity contribution in [3.8, 4) is 0 Å². The lowest BCUT2D eigenvalue weighted by atomic mass is 10.1. The zero-order chi connectivity index (χ0) is 20.3. The van der Waals surface area contributed by atoms with Gasteiger partial charge in [0.15, 0.2) is 12.1 Å². The van der Waals surface area contributed by atoms with E-state index in [9.17, 15) is 15.0 Å². The van der Waals surface area contributed by atoms with Crippen molar-refractivity contribution in [2.45, 2.75) is 25.3 Å². The Labute approximate surface area is 170 Å². The Hall–Kier alpha value is -2.17. The molecule has 0 radical (unpaired) electrons. The molecule has 28 heavy (non-hydrogen) atoms. The molecule has 1 aromatic carbocycles. The van der Waals surface area contributed by atoms with Crippen LogP contribution >= 0.6 is 23.2 Å². The summed E-state index contributed by atoms with van der Waals surface area (Å²) in [6.45, 7) is -0.416. The molecular weight excluding hydrogens is 411 g/mol. The number of aliphatic hydroxyl groups is 3. The van der Waals surface area contributed by atoms with Gasteiger partial charge in [0, 0.05) is 17.6 Å². The molecule has 0 saturated carbocycles. The molecule has 1 aliphatic heterocycles. The van der Waals surface area contributed by atoms with Gasteiger partial charge >= 0.3 is 6.03 Å². The molecule has 0 saturated heterocycles. The third-order valence-electron chi connectivity index (χ3n) is 4.10. The van der Waals surface area contributed by atoms with Crippen molar-refractivity contribution in [1.29, 1.82) is 0 Å². The van der Waals surface area contributed by atoms with Crippen molar-refractivity contribution in [2.24, 2.45) is 0 Å². The highest BCUT2D eigenvalue weighted by Crippen LogP contribution is 2.24. The third kappa shape index (κ3) is 4.62. The van der Waals surface area contributed by atoms with Gasteiger partial charge in [-0.3, -0.25) is 9.80 Å². The molecule has 2 amide bonds. The Kier molecular flexibility index (Phi) is 6.53. The van der Waals surface area contributed by atoms with Crippen LogP contribution in [0.1, 0.15) is 23.4 Å². The lowest BCUT2D eigenvalue weighted by Crippen LogP contribution is -2.50. The molecule has 9 nitrogen and oxygen atoms in total. The standard InChI is InChI=1S/C17H18Cl2N4O5/c18-11-3-1-10(2-4-11)13(25)7-14-20-15(28-21-14)9-23-16(26)12(19)8-22(5-6-24)17(23)27/h1-4,8,13,16,24-26H,5-7,9H2/t13-,16?/m0/s1. The van der Waals surface area contributed by atoms with Crippen molar-refractivity contribution in [2.75, 3.05) is 13.2 Å². The highest BCUT2D eigenvalue weighted by atomic mass is 35.5. The fourth-order valence-electron chi connectivity index (χ4n) is 2.67. The molecule has 3 rings (SSSR count). The van der Waals surface area contributed by atoms with Gasteiger partial charge in [0.05, 0.1) is 24.3 Å². The van der Waals surface area contributed by atoms with E-state index in [0.29, 0.717) is 10.6 Å². The summed E-state index contributed by atoms with van der Waals surface area (Å²) in [6.07, 6.45) is -0.858. The maximum absolute atomic E-state index is 12.4. The molecule has 0 aliphatic carbocycles. The first-order chi connectivity index (χ1) is 13.4. The van der Waals surface area contributed by atoms with Crippen molar-refractivity contribution in [3.63, 3.8) is 0 Å². The number of benzene rings is 1. The SMILES string of the molecule is O=C1N(CCO)C=C(Cl)C(O)N1Cc1nc(C[C@H](O)c2ccc(Cl)cc2)no1. The summed E-state index contributed by atoms with van der Waals surface area (Å²) in [6, 6.07) is 6.16. The second kappa shape index (κ2) is 8.89. The van der Waals surface area contributed by atoms with Gasteiger partial charge in [-0.2, -0.15) is 4.98 Å². The van der Waals surface area contributed by atoms with Crippen molar-refractivity contribution in [3.05, 3.63) is 57.8 Å². The van der Waals surface area contributed by atoms with Crippen LogP contribution in [0.15, 0.2) is 40.0 Å². The number of carbonyl (C=O) groups excluding carboxylic acids is 1. The number of β-amino-alcohol motifs (C(OH)–C–C–N with tert-alkyl or cyclic N) is 1. The average Bonchev–Trinajstić information content (AvgIpc) is 3.11. The molecule has 0 fully saturated rings. The maximum atomic E-state index is 12.4. The summed E-state index contributed by atoms with van der Waals surface area (Å²) in [5, 5.41) is 33.9. The molecule has 1 unspecified atom stereocenters. The first-order valence-corrected chi connectivity index (χ1v) is 9.13. The Balaban J connectivity index is 1.67. The fraction of sp³-hybridized carbons (Fsp3) is 0.353. The van der Waals surface area contributed by atoms with E-state index >= 15 is 0 Å². The quantitative estimate of drug-likeness (QED) is 0.611. The first-order valence-electron chi connectivity index (χ1n) is 8.37. The van der Waals surface area contributed by atoms with Gasteiger partial charge in [0.1, 0.15) is 6.54 Å². The van der Waals surface area contributed by atoms with Gasteiger partial charge in [-0.25, -0.2) is 4.79 Å². The van der Waals surface area contributed by atoms with Crippen LogP contribution in [0.5, 0.6) is 0 Å². The molecular formula is C17H18Cl2N4O5. The van der Waals surface area contributed by atoms with Crippen LogP contribution in [0.25, 0.3) is 0 Å². The van der Waals surface area contributed by atoms with Crippen molar-refractivity contribution >= 4 is 29.2 Å². The number of carbonyl (C=O) groups is 1. The lowest BCUT2D eigenvalue weighted by molar-refractivity contribution is 0.0296. The second-order valence-corrected chi connectivity index (χ2v) is 6.96.